The number of halogens is 3. The fourth-order valence-electron chi connectivity index (χ4n) is 2.42. The van der Waals surface area contributed by atoms with Crippen molar-refractivity contribution >= 4 is 28.6 Å². The molecule has 24 heavy (non-hydrogen) atoms. The summed E-state index contributed by atoms with van der Waals surface area (Å²) in [6.07, 6.45) is -0.936. The van der Waals surface area contributed by atoms with Gasteiger partial charge in [-0.3, -0.25) is 4.57 Å². The number of rotatable bonds is 4. The molecule has 124 valence electrons. The lowest BCUT2D eigenvalue weighted by molar-refractivity contribution is 0.0233. The Hall–Kier alpha value is -2.47. The number of aromatic nitrogens is 2. The van der Waals surface area contributed by atoms with Gasteiger partial charge in [-0.25, -0.2) is 9.78 Å². The molecule has 4 nitrogen and oxygen atoms in total. The molecule has 0 N–H and O–H groups in total. The topological polar surface area (TPSA) is 44.1 Å². The fourth-order valence-corrected chi connectivity index (χ4v) is 2.55. The largest absolute Gasteiger partial charge is 0.451 e. The van der Waals surface area contributed by atoms with Gasteiger partial charge in [-0.15, -0.1) is 0 Å². The number of hydrogen-bond acceptors (Lipinski definition) is 3. The molecule has 0 aliphatic carbocycles. The van der Waals surface area contributed by atoms with Crippen LogP contribution in [0.15, 0.2) is 48.5 Å². The molecule has 1 unspecified atom stereocenters. The first kappa shape index (κ1) is 16.4. The third-order valence-corrected chi connectivity index (χ3v) is 3.80. The number of ether oxygens (including phenoxy) is 1. The Morgan fingerprint density at radius 2 is 1.83 bits per heavy atom. The third kappa shape index (κ3) is 3.10. The Morgan fingerprint density at radius 3 is 2.50 bits per heavy atom. The zero-order valence-corrected chi connectivity index (χ0v) is 13.4. The zero-order valence-electron chi connectivity index (χ0n) is 12.6. The van der Waals surface area contributed by atoms with Crippen LogP contribution in [0.25, 0.3) is 11.0 Å². The van der Waals surface area contributed by atoms with E-state index in [-0.39, 0.29) is 16.9 Å². The second kappa shape index (κ2) is 6.57. The van der Waals surface area contributed by atoms with Crippen LogP contribution in [0.2, 0.25) is 5.02 Å². The van der Waals surface area contributed by atoms with E-state index in [2.05, 4.69) is 4.98 Å². The highest BCUT2D eigenvalue weighted by atomic mass is 35.5. The van der Waals surface area contributed by atoms with Crippen molar-refractivity contribution in [3.63, 3.8) is 0 Å². The highest BCUT2D eigenvalue weighted by Gasteiger charge is 2.24. The number of benzene rings is 2. The molecule has 3 aromatic rings. The van der Waals surface area contributed by atoms with E-state index in [1.807, 2.05) is 0 Å². The first-order valence-electron chi connectivity index (χ1n) is 7.19. The van der Waals surface area contributed by atoms with Crippen molar-refractivity contribution < 1.29 is 18.3 Å². The van der Waals surface area contributed by atoms with Crippen LogP contribution in [0.5, 0.6) is 0 Å². The van der Waals surface area contributed by atoms with E-state index in [4.69, 9.17) is 16.3 Å². The second-order valence-corrected chi connectivity index (χ2v) is 5.60. The molecule has 7 heteroatoms. The summed E-state index contributed by atoms with van der Waals surface area (Å²) in [5.41, 5.74) is 0.991. The molecule has 0 amide bonds. The molecular formula is C17H13ClF2N2O2. The summed E-state index contributed by atoms with van der Waals surface area (Å²) in [5, 5.41) is 0.485. The minimum Gasteiger partial charge on any atom is -0.451 e. The summed E-state index contributed by atoms with van der Waals surface area (Å²) in [4.78, 5) is 16.3. The van der Waals surface area contributed by atoms with Gasteiger partial charge in [0.15, 0.2) is 11.9 Å². The van der Waals surface area contributed by atoms with Crippen molar-refractivity contribution in [1.82, 2.24) is 9.55 Å². The molecule has 0 aliphatic rings. The van der Waals surface area contributed by atoms with Crippen molar-refractivity contribution in [1.29, 1.82) is 0 Å². The number of fused-ring (bicyclic) bond motifs is 1. The minimum atomic E-state index is -2.79. The minimum absolute atomic E-state index is 0.00601. The average Bonchev–Trinajstić information content (AvgIpc) is 2.95. The first-order valence-corrected chi connectivity index (χ1v) is 7.56. The number of nitrogens with zero attached hydrogens (tertiary/aromatic N) is 2. The summed E-state index contributed by atoms with van der Waals surface area (Å²) in [7, 11) is 0. The normalized spacial score (nSPS) is 12.5. The maximum Gasteiger partial charge on any atom is 0.338 e. The summed E-state index contributed by atoms with van der Waals surface area (Å²) in [5.74, 6) is -0.638. The van der Waals surface area contributed by atoms with Crippen molar-refractivity contribution in [2.75, 3.05) is 0 Å². The Labute approximate surface area is 141 Å². The number of carbonyl (C=O) groups excluding carboxylic acids is 1. The predicted molar refractivity (Wildman–Crippen MR) is 86.3 cm³/mol. The Bertz CT molecular complexity index is 878. The molecule has 0 aliphatic heterocycles. The molecule has 0 saturated carbocycles. The number of esters is 1. The van der Waals surface area contributed by atoms with Gasteiger partial charge in [0.05, 0.1) is 16.6 Å². The fraction of sp³-hybridized carbons (Fsp3) is 0.176. The SMILES string of the molecule is CC(OC(=O)c1ccc(Cl)cc1)c1nc2ccccc2n1C(F)F. The van der Waals surface area contributed by atoms with Crippen LogP contribution in [-0.4, -0.2) is 15.5 Å². The van der Waals surface area contributed by atoms with E-state index in [1.165, 1.54) is 19.1 Å². The summed E-state index contributed by atoms with van der Waals surface area (Å²) in [6.45, 7) is -1.28. The molecule has 3 rings (SSSR count). The first-order chi connectivity index (χ1) is 11.5. The van der Waals surface area contributed by atoms with Gasteiger partial charge in [-0.2, -0.15) is 8.78 Å². The number of carbonyl (C=O) groups is 1. The van der Waals surface area contributed by atoms with Crippen LogP contribution in [0, 0.1) is 0 Å². The van der Waals surface area contributed by atoms with E-state index in [0.29, 0.717) is 10.5 Å². The lowest BCUT2D eigenvalue weighted by Crippen LogP contribution is -2.14. The molecule has 0 fully saturated rings. The molecule has 0 bridgehead atoms. The number of alkyl halides is 2. The third-order valence-electron chi connectivity index (χ3n) is 3.55. The quantitative estimate of drug-likeness (QED) is 0.622. The van der Waals surface area contributed by atoms with Crippen LogP contribution in [0.1, 0.15) is 35.8 Å². The Balaban J connectivity index is 1.91. The molecule has 1 heterocycles. The molecule has 0 spiro atoms. The van der Waals surface area contributed by atoms with Crippen molar-refractivity contribution in [3.05, 3.63) is 64.9 Å². The van der Waals surface area contributed by atoms with Crippen LogP contribution < -0.4 is 0 Å². The van der Waals surface area contributed by atoms with E-state index in [0.717, 1.165) is 4.57 Å². The van der Waals surface area contributed by atoms with Crippen LogP contribution in [0.3, 0.4) is 0 Å². The molecule has 2 aromatic carbocycles. The summed E-state index contributed by atoms with van der Waals surface area (Å²) in [6, 6.07) is 12.7. The average molecular weight is 351 g/mol. The standard InChI is InChI=1S/C17H13ClF2N2O2/c1-10(24-16(23)11-6-8-12(18)9-7-11)15-21-13-4-2-3-5-14(13)22(15)17(19)20/h2-10,17H,1H3. The van der Waals surface area contributed by atoms with E-state index < -0.39 is 18.6 Å². The molecular weight excluding hydrogens is 338 g/mol. The smallest absolute Gasteiger partial charge is 0.338 e. The van der Waals surface area contributed by atoms with E-state index >= 15 is 0 Å². The van der Waals surface area contributed by atoms with Gasteiger partial charge in [-0.1, -0.05) is 23.7 Å². The lowest BCUT2D eigenvalue weighted by atomic mass is 10.2. The number of imidazole rings is 1. The maximum atomic E-state index is 13.4. The van der Waals surface area contributed by atoms with Crippen molar-refractivity contribution in [3.8, 4) is 0 Å². The van der Waals surface area contributed by atoms with Gasteiger partial charge >= 0.3 is 12.5 Å². The monoisotopic (exact) mass is 350 g/mol. The van der Waals surface area contributed by atoms with Gasteiger partial charge in [0.2, 0.25) is 0 Å². The van der Waals surface area contributed by atoms with Gasteiger partial charge in [0, 0.05) is 5.02 Å². The maximum absolute atomic E-state index is 13.4. The number of para-hydroxylation sites is 2. The van der Waals surface area contributed by atoms with E-state index in [1.54, 1.807) is 36.4 Å². The Morgan fingerprint density at radius 1 is 1.17 bits per heavy atom. The van der Waals surface area contributed by atoms with Crippen LogP contribution in [-0.2, 0) is 4.74 Å². The lowest BCUT2D eigenvalue weighted by Gasteiger charge is -2.15. The highest BCUT2D eigenvalue weighted by molar-refractivity contribution is 6.30. The second-order valence-electron chi connectivity index (χ2n) is 5.16. The molecule has 0 saturated heterocycles. The Kier molecular flexibility index (Phi) is 4.49. The molecule has 1 atom stereocenters. The molecule has 1 aromatic heterocycles. The summed E-state index contributed by atoms with van der Waals surface area (Å²) >= 11 is 5.77. The summed E-state index contributed by atoms with van der Waals surface area (Å²) < 4.78 is 32.9. The highest BCUT2D eigenvalue weighted by Crippen LogP contribution is 2.28. The zero-order chi connectivity index (χ0) is 17.3. The predicted octanol–water partition coefficient (Wildman–Crippen LogP) is 5.00. The van der Waals surface area contributed by atoms with Gasteiger partial charge < -0.3 is 4.74 Å². The molecule has 0 radical (unpaired) electrons. The van der Waals surface area contributed by atoms with Crippen molar-refractivity contribution in [2.24, 2.45) is 0 Å². The van der Waals surface area contributed by atoms with Crippen LogP contribution >= 0.6 is 11.6 Å². The van der Waals surface area contributed by atoms with Gasteiger partial charge in [0.25, 0.3) is 0 Å². The van der Waals surface area contributed by atoms with Gasteiger partial charge in [-0.05, 0) is 43.3 Å². The van der Waals surface area contributed by atoms with Gasteiger partial charge in [0.1, 0.15) is 0 Å². The van der Waals surface area contributed by atoms with E-state index in [9.17, 15) is 13.6 Å². The van der Waals surface area contributed by atoms with Crippen molar-refractivity contribution in [2.45, 2.75) is 19.6 Å². The number of hydrogen-bond donors (Lipinski definition) is 0. The van der Waals surface area contributed by atoms with Crippen LogP contribution in [0.4, 0.5) is 8.78 Å².